The second-order valence-corrected chi connectivity index (χ2v) is 9.70. The molecule has 2 N–H and O–H groups in total. The van der Waals surface area contributed by atoms with Crippen LogP contribution in [0, 0.1) is 5.82 Å². The van der Waals surface area contributed by atoms with Gasteiger partial charge in [-0.3, -0.25) is 4.79 Å². The van der Waals surface area contributed by atoms with Crippen LogP contribution in [0.4, 0.5) is 16.0 Å². The molecule has 42 heavy (non-hydrogen) atoms. The summed E-state index contributed by atoms with van der Waals surface area (Å²) in [6, 6.07) is 14.0. The van der Waals surface area contributed by atoms with E-state index in [0.29, 0.717) is 63.1 Å². The molecule has 12 heteroatoms. The van der Waals surface area contributed by atoms with Crippen LogP contribution in [-0.2, 0) is 11.4 Å². The number of halogens is 2. The number of carbonyl (C=O) groups excluding carboxylic acids is 1. The lowest BCUT2D eigenvalue weighted by atomic mass is 9.94. The number of amides is 1. The van der Waals surface area contributed by atoms with Crippen molar-refractivity contribution in [2.75, 3.05) is 31.5 Å². The van der Waals surface area contributed by atoms with Gasteiger partial charge in [0.15, 0.2) is 11.5 Å². The van der Waals surface area contributed by atoms with Crippen molar-refractivity contribution in [3.63, 3.8) is 0 Å². The number of nitrogens with zero attached hydrogens (tertiary/aromatic N) is 3. The molecule has 1 aromatic heterocycles. The molecule has 218 valence electrons. The van der Waals surface area contributed by atoms with Crippen LogP contribution in [0.3, 0.4) is 0 Å². The smallest absolute Gasteiger partial charge is 0.255 e. The van der Waals surface area contributed by atoms with Crippen LogP contribution in [0.1, 0.15) is 31.0 Å². The summed E-state index contributed by atoms with van der Waals surface area (Å²) < 4.78 is 37.7. The van der Waals surface area contributed by atoms with Gasteiger partial charge in [0.25, 0.3) is 5.91 Å². The molecular formula is C30H29ClFN5O5. The lowest BCUT2D eigenvalue weighted by Crippen LogP contribution is -2.31. The van der Waals surface area contributed by atoms with Crippen molar-refractivity contribution in [1.82, 2.24) is 14.8 Å². The van der Waals surface area contributed by atoms with Gasteiger partial charge in [-0.2, -0.15) is 10.1 Å². The number of aromatic nitrogens is 3. The van der Waals surface area contributed by atoms with Crippen LogP contribution >= 0.6 is 11.6 Å². The molecule has 0 fully saturated rings. The highest BCUT2D eigenvalue weighted by molar-refractivity contribution is 6.32. The van der Waals surface area contributed by atoms with Crippen molar-refractivity contribution >= 4 is 29.1 Å². The normalized spacial score (nSPS) is 14.1. The molecule has 1 aliphatic heterocycles. The molecule has 0 aliphatic carbocycles. The van der Waals surface area contributed by atoms with Gasteiger partial charge in [-0.25, -0.2) is 9.07 Å². The lowest BCUT2D eigenvalue weighted by molar-refractivity contribution is -0.113. The molecule has 1 atom stereocenters. The van der Waals surface area contributed by atoms with Crippen molar-refractivity contribution in [2.45, 2.75) is 26.5 Å². The molecule has 0 saturated heterocycles. The van der Waals surface area contributed by atoms with E-state index >= 15 is 0 Å². The number of nitrogens with one attached hydrogen (secondary N) is 2. The minimum Gasteiger partial charge on any atom is -0.495 e. The minimum atomic E-state index is -0.658. The van der Waals surface area contributed by atoms with Gasteiger partial charge in [0, 0.05) is 17.8 Å². The number of allylic oxidation sites excluding steroid dienone is 1. The second kappa shape index (κ2) is 12.4. The van der Waals surface area contributed by atoms with Gasteiger partial charge in [-0.05, 0) is 49.2 Å². The zero-order chi connectivity index (χ0) is 29.8. The summed E-state index contributed by atoms with van der Waals surface area (Å²) in [5, 5.41) is 10.8. The third kappa shape index (κ3) is 5.82. The van der Waals surface area contributed by atoms with Crippen LogP contribution < -0.4 is 29.6 Å². The van der Waals surface area contributed by atoms with Crippen LogP contribution in [0.5, 0.6) is 23.0 Å². The first kappa shape index (κ1) is 28.7. The molecular weight excluding hydrogens is 565 g/mol. The zero-order valence-corrected chi connectivity index (χ0v) is 24.2. The number of rotatable bonds is 10. The first-order valence-corrected chi connectivity index (χ1v) is 13.4. The van der Waals surface area contributed by atoms with E-state index in [-0.39, 0.29) is 12.4 Å². The summed E-state index contributed by atoms with van der Waals surface area (Å²) >= 11 is 6.26. The van der Waals surface area contributed by atoms with Crippen molar-refractivity contribution < 1.29 is 28.1 Å². The number of fused-ring (bicyclic) bond motifs is 1. The van der Waals surface area contributed by atoms with Crippen LogP contribution in [0.25, 0.3) is 0 Å². The van der Waals surface area contributed by atoms with Crippen molar-refractivity contribution in [3.8, 4) is 23.0 Å². The first-order valence-electron chi connectivity index (χ1n) is 13.1. The van der Waals surface area contributed by atoms with Crippen LogP contribution in [-0.4, -0.2) is 41.5 Å². The molecule has 2 heterocycles. The van der Waals surface area contributed by atoms with E-state index in [2.05, 4.69) is 20.7 Å². The largest absolute Gasteiger partial charge is 0.495 e. The molecule has 0 spiro atoms. The number of benzene rings is 3. The monoisotopic (exact) mass is 593 g/mol. The molecule has 3 aromatic carbocycles. The Morgan fingerprint density at radius 3 is 2.50 bits per heavy atom. The number of carbonyl (C=O) groups is 1. The minimum absolute atomic E-state index is 0.222. The fraction of sp³-hybridized carbons (Fsp3) is 0.233. The predicted octanol–water partition coefficient (Wildman–Crippen LogP) is 5.99. The Hall–Kier alpha value is -4.77. The maximum Gasteiger partial charge on any atom is 0.255 e. The summed E-state index contributed by atoms with van der Waals surface area (Å²) in [5.74, 6) is 1.51. The molecule has 1 aliphatic rings. The van der Waals surface area contributed by atoms with Gasteiger partial charge in [0.2, 0.25) is 5.95 Å². The molecule has 0 radical (unpaired) electrons. The lowest BCUT2D eigenvalue weighted by Gasteiger charge is -2.29. The van der Waals surface area contributed by atoms with E-state index in [1.54, 1.807) is 41.9 Å². The van der Waals surface area contributed by atoms with E-state index < -0.39 is 11.9 Å². The number of methoxy groups -OCH3 is 2. The zero-order valence-electron chi connectivity index (χ0n) is 23.4. The SMILES string of the molecule is CCOc1cc(C2C(C(=O)Nc3cc(OC)c(Cl)cc3OC)=C(C)Nc3ncnn32)ccc1OCc1ccc(F)cc1. The highest BCUT2D eigenvalue weighted by Crippen LogP contribution is 2.41. The number of ether oxygens (including phenoxy) is 4. The summed E-state index contributed by atoms with van der Waals surface area (Å²) in [5.41, 5.74) is 2.89. The van der Waals surface area contributed by atoms with Gasteiger partial charge in [0.1, 0.15) is 36.3 Å². The Morgan fingerprint density at radius 1 is 1.02 bits per heavy atom. The van der Waals surface area contributed by atoms with E-state index in [1.807, 2.05) is 19.1 Å². The van der Waals surface area contributed by atoms with Crippen molar-refractivity contribution in [2.24, 2.45) is 0 Å². The Labute approximate surface area is 247 Å². The summed E-state index contributed by atoms with van der Waals surface area (Å²) in [7, 11) is 2.97. The summed E-state index contributed by atoms with van der Waals surface area (Å²) in [6.07, 6.45) is 1.42. The van der Waals surface area contributed by atoms with E-state index in [9.17, 15) is 9.18 Å². The standard InChI is InChI=1S/C30H29ClFN5O5/c1-5-41-26-12-19(8-11-23(26)42-15-18-6-9-20(32)10-7-18)28-27(17(2)35-30-33-16-34-37(28)30)29(38)36-22-14-24(39-3)21(31)13-25(22)40-4/h6-14,16,28H,5,15H2,1-4H3,(H,36,38)(H,33,34,35). The highest BCUT2D eigenvalue weighted by Gasteiger charge is 2.34. The van der Waals surface area contributed by atoms with Gasteiger partial charge >= 0.3 is 0 Å². The maximum atomic E-state index is 13.9. The summed E-state index contributed by atoms with van der Waals surface area (Å²) in [6.45, 7) is 4.27. The second-order valence-electron chi connectivity index (χ2n) is 9.29. The Kier molecular flexibility index (Phi) is 8.48. The van der Waals surface area contributed by atoms with E-state index in [4.69, 9.17) is 30.5 Å². The van der Waals surface area contributed by atoms with Gasteiger partial charge < -0.3 is 29.6 Å². The molecule has 10 nitrogen and oxygen atoms in total. The van der Waals surface area contributed by atoms with Gasteiger partial charge in [-0.15, -0.1) is 0 Å². The molecule has 0 saturated carbocycles. The van der Waals surface area contributed by atoms with E-state index in [0.717, 1.165) is 5.56 Å². The molecule has 5 rings (SSSR count). The average Bonchev–Trinajstić information content (AvgIpc) is 3.45. The molecule has 0 bridgehead atoms. The predicted molar refractivity (Wildman–Crippen MR) is 156 cm³/mol. The van der Waals surface area contributed by atoms with Crippen LogP contribution in [0.2, 0.25) is 5.02 Å². The summed E-state index contributed by atoms with van der Waals surface area (Å²) in [4.78, 5) is 18.2. The van der Waals surface area contributed by atoms with Crippen molar-refractivity contribution in [3.05, 3.63) is 94.2 Å². The van der Waals surface area contributed by atoms with Crippen molar-refractivity contribution in [1.29, 1.82) is 0 Å². The van der Waals surface area contributed by atoms with Crippen LogP contribution in [0.15, 0.2) is 72.2 Å². The number of hydrogen-bond acceptors (Lipinski definition) is 8. The first-order chi connectivity index (χ1) is 20.3. The fourth-order valence-corrected chi connectivity index (χ4v) is 4.90. The topological polar surface area (TPSA) is 109 Å². The Morgan fingerprint density at radius 2 is 1.79 bits per heavy atom. The highest BCUT2D eigenvalue weighted by atomic mass is 35.5. The molecule has 1 unspecified atom stereocenters. The third-order valence-corrected chi connectivity index (χ3v) is 6.95. The average molecular weight is 594 g/mol. The van der Waals surface area contributed by atoms with Gasteiger partial charge in [-0.1, -0.05) is 29.8 Å². The van der Waals surface area contributed by atoms with E-state index in [1.165, 1.54) is 32.7 Å². The van der Waals surface area contributed by atoms with Gasteiger partial charge in [0.05, 0.1) is 37.1 Å². The quantitative estimate of drug-likeness (QED) is 0.231. The number of hydrogen-bond donors (Lipinski definition) is 2. The Balaban J connectivity index is 1.50. The molecule has 1 amide bonds. The Bertz CT molecular complexity index is 1640. The fourth-order valence-electron chi connectivity index (χ4n) is 4.67. The third-order valence-electron chi connectivity index (χ3n) is 6.65. The number of anilines is 2. The maximum absolute atomic E-state index is 13.9. The molecule has 4 aromatic rings.